The van der Waals surface area contributed by atoms with Crippen molar-refractivity contribution in [2.45, 2.75) is 19.8 Å². The molecule has 1 rings (SSSR count). The number of carboxylic acids is 1. The van der Waals surface area contributed by atoms with Gasteiger partial charge in [-0.15, -0.1) is 0 Å². The van der Waals surface area contributed by atoms with E-state index in [9.17, 15) is 4.79 Å². The highest BCUT2D eigenvalue weighted by Gasteiger charge is 2.17. The number of aromatic carboxylic acids is 1. The van der Waals surface area contributed by atoms with Crippen molar-refractivity contribution in [1.82, 2.24) is 0 Å². The highest BCUT2D eigenvalue weighted by molar-refractivity contribution is 6.32. The fraction of sp³-hybridized carbons (Fsp3) is 0.417. The summed E-state index contributed by atoms with van der Waals surface area (Å²) in [6.07, 6.45) is 1.82. The van der Waals surface area contributed by atoms with Gasteiger partial charge >= 0.3 is 5.97 Å². The highest BCUT2D eigenvalue weighted by atomic mass is 35.5. The fourth-order valence-corrected chi connectivity index (χ4v) is 1.57. The Morgan fingerprint density at radius 1 is 1.47 bits per heavy atom. The third-order valence-corrected chi connectivity index (χ3v) is 2.51. The first kappa shape index (κ1) is 13.6. The molecule has 0 aliphatic heterocycles. The van der Waals surface area contributed by atoms with Crippen LogP contribution in [0.15, 0.2) is 12.1 Å². The lowest BCUT2D eigenvalue weighted by molar-refractivity contribution is 0.0691. The number of methoxy groups -OCH3 is 1. The van der Waals surface area contributed by atoms with E-state index in [1.807, 2.05) is 6.92 Å². The van der Waals surface area contributed by atoms with E-state index >= 15 is 0 Å². The highest BCUT2D eigenvalue weighted by Crippen LogP contribution is 2.33. The Morgan fingerprint density at radius 3 is 2.71 bits per heavy atom. The Kier molecular flexibility index (Phi) is 5.10. The van der Waals surface area contributed by atoms with Gasteiger partial charge < -0.3 is 14.6 Å². The van der Waals surface area contributed by atoms with E-state index in [-0.39, 0.29) is 16.3 Å². The molecule has 1 aromatic rings. The lowest BCUT2D eigenvalue weighted by Crippen LogP contribution is -2.05. The van der Waals surface area contributed by atoms with Crippen LogP contribution in [0.1, 0.15) is 30.1 Å². The zero-order chi connectivity index (χ0) is 12.8. The number of hydrogen-bond donors (Lipinski definition) is 1. The minimum absolute atomic E-state index is 0.0189. The lowest BCUT2D eigenvalue weighted by atomic mass is 10.2. The first-order valence-electron chi connectivity index (χ1n) is 5.33. The minimum Gasteiger partial charge on any atom is -0.497 e. The van der Waals surface area contributed by atoms with Crippen molar-refractivity contribution >= 4 is 17.6 Å². The van der Waals surface area contributed by atoms with E-state index in [1.165, 1.54) is 19.2 Å². The smallest absolute Gasteiger partial charge is 0.339 e. The fourth-order valence-electron chi connectivity index (χ4n) is 1.31. The van der Waals surface area contributed by atoms with Crippen LogP contribution < -0.4 is 9.47 Å². The predicted molar refractivity (Wildman–Crippen MR) is 65.4 cm³/mol. The zero-order valence-corrected chi connectivity index (χ0v) is 10.6. The van der Waals surface area contributed by atoms with Gasteiger partial charge in [0.05, 0.1) is 18.7 Å². The summed E-state index contributed by atoms with van der Waals surface area (Å²) in [5, 5.41) is 9.32. The molecule has 0 saturated carbocycles. The average molecular weight is 259 g/mol. The summed E-state index contributed by atoms with van der Waals surface area (Å²) >= 11 is 5.97. The molecule has 0 spiro atoms. The van der Waals surface area contributed by atoms with Crippen LogP contribution in [0, 0.1) is 0 Å². The maximum Gasteiger partial charge on any atom is 0.339 e. The first-order valence-corrected chi connectivity index (χ1v) is 5.71. The van der Waals surface area contributed by atoms with Crippen molar-refractivity contribution in [2.24, 2.45) is 0 Å². The molecule has 0 heterocycles. The molecule has 0 amide bonds. The Labute approximate surface area is 105 Å². The average Bonchev–Trinajstić information content (AvgIpc) is 2.30. The standard InChI is InChI=1S/C12H15ClO4/c1-3-4-5-17-11-9(12(14)15)6-8(16-2)7-10(11)13/h6-7H,3-5H2,1-2H3,(H,14,15). The molecule has 0 aromatic heterocycles. The quantitative estimate of drug-likeness (QED) is 0.796. The Bertz CT molecular complexity index is 404. The van der Waals surface area contributed by atoms with Gasteiger partial charge in [0.25, 0.3) is 0 Å². The number of benzene rings is 1. The molecule has 17 heavy (non-hydrogen) atoms. The number of ether oxygens (including phenoxy) is 2. The number of unbranched alkanes of at least 4 members (excludes halogenated alkanes) is 1. The summed E-state index contributed by atoms with van der Waals surface area (Å²) in [4.78, 5) is 11.1. The molecule has 1 aromatic carbocycles. The van der Waals surface area contributed by atoms with Crippen LogP contribution in [-0.2, 0) is 0 Å². The maximum atomic E-state index is 11.1. The maximum absolute atomic E-state index is 11.1. The van der Waals surface area contributed by atoms with E-state index in [2.05, 4.69) is 0 Å². The number of carbonyl (C=O) groups is 1. The molecule has 0 saturated heterocycles. The van der Waals surface area contributed by atoms with Gasteiger partial charge in [-0.3, -0.25) is 0 Å². The van der Waals surface area contributed by atoms with Gasteiger partial charge in [-0.25, -0.2) is 4.79 Å². The summed E-state index contributed by atoms with van der Waals surface area (Å²) in [5.41, 5.74) is 0.0189. The number of halogens is 1. The SMILES string of the molecule is CCCCOc1c(Cl)cc(OC)cc1C(=O)O. The van der Waals surface area contributed by atoms with Gasteiger partial charge in [-0.05, 0) is 12.5 Å². The predicted octanol–water partition coefficient (Wildman–Crippen LogP) is 3.23. The molecule has 1 N–H and O–H groups in total. The van der Waals surface area contributed by atoms with Crippen molar-refractivity contribution in [2.75, 3.05) is 13.7 Å². The van der Waals surface area contributed by atoms with Crippen LogP contribution in [0.25, 0.3) is 0 Å². The molecule has 5 heteroatoms. The summed E-state index contributed by atoms with van der Waals surface area (Å²) in [6, 6.07) is 2.94. The second kappa shape index (κ2) is 6.35. The first-order chi connectivity index (χ1) is 8.10. The molecule has 94 valence electrons. The molecule has 0 bridgehead atoms. The van der Waals surface area contributed by atoms with Gasteiger partial charge in [0, 0.05) is 6.07 Å². The van der Waals surface area contributed by atoms with Crippen molar-refractivity contribution in [3.05, 3.63) is 22.7 Å². The van der Waals surface area contributed by atoms with Crippen molar-refractivity contribution in [1.29, 1.82) is 0 Å². The number of rotatable bonds is 6. The van der Waals surface area contributed by atoms with E-state index < -0.39 is 5.97 Å². The van der Waals surface area contributed by atoms with Crippen LogP contribution in [0.2, 0.25) is 5.02 Å². The molecule has 0 radical (unpaired) electrons. The van der Waals surface area contributed by atoms with E-state index in [4.69, 9.17) is 26.2 Å². The molecular formula is C12H15ClO4. The minimum atomic E-state index is -1.09. The summed E-state index contributed by atoms with van der Waals surface area (Å²) < 4.78 is 10.4. The monoisotopic (exact) mass is 258 g/mol. The topological polar surface area (TPSA) is 55.8 Å². The second-order valence-corrected chi connectivity index (χ2v) is 3.90. The molecular weight excluding hydrogens is 244 g/mol. The zero-order valence-electron chi connectivity index (χ0n) is 9.83. The molecule has 4 nitrogen and oxygen atoms in total. The van der Waals surface area contributed by atoms with Crippen molar-refractivity contribution in [3.8, 4) is 11.5 Å². The second-order valence-electron chi connectivity index (χ2n) is 3.49. The Hall–Kier alpha value is -1.42. The number of hydrogen-bond acceptors (Lipinski definition) is 3. The largest absolute Gasteiger partial charge is 0.497 e. The van der Waals surface area contributed by atoms with E-state index in [1.54, 1.807) is 0 Å². The van der Waals surface area contributed by atoms with Crippen molar-refractivity contribution < 1.29 is 19.4 Å². The summed E-state index contributed by atoms with van der Waals surface area (Å²) in [6.45, 7) is 2.47. The number of carboxylic acid groups (broad SMARTS) is 1. The van der Waals surface area contributed by atoms with Crippen molar-refractivity contribution in [3.63, 3.8) is 0 Å². The van der Waals surface area contributed by atoms with Crippen LogP contribution in [0.3, 0.4) is 0 Å². The van der Waals surface area contributed by atoms with Crippen LogP contribution in [-0.4, -0.2) is 24.8 Å². The molecule has 0 atom stereocenters. The molecule has 0 unspecified atom stereocenters. The molecule has 0 aliphatic carbocycles. The van der Waals surface area contributed by atoms with Crippen LogP contribution in [0.4, 0.5) is 0 Å². The summed E-state index contributed by atoms with van der Waals surface area (Å²) in [5.74, 6) is -0.485. The van der Waals surface area contributed by atoms with E-state index in [0.29, 0.717) is 12.4 Å². The third-order valence-electron chi connectivity index (χ3n) is 2.23. The van der Waals surface area contributed by atoms with Crippen LogP contribution in [0.5, 0.6) is 11.5 Å². The summed E-state index contributed by atoms with van der Waals surface area (Å²) in [7, 11) is 1.45. The lowest BCUT2D eigenvalue weighted by Gasteiger charge is -2.12. The molecule has 0 fully saturated rings. The Balaban J connectivity index is 3.04. The Morgan fingerprint density at radius 2 is 2.18 bits per heavy atom. The normalized spacial score (nSPS) is 10.1. The van der Waals surface area contributed by atoms with Gasteiger partial charge in [-0.2, -0.15) is 0 Å². The van der Waals surface area contributed by atoms with Gasteiger partial charge in [-0.1, -0.05) is 24.9 Å². The van der Waals surface area contributed by atoms with Gasteiger partial charge in [0.2, 0.25) is 0 Å². The van der Waals surface area contributed by atoms with Gasteiger partial charge in [0.15, 0.2) is 5.75 Å². The van der Waals surface area contributed by atoms with Crippen LogP contribution >= 0.6 is 11.6 Å². The third kappa shape index (κ3) is 3.53. The van der Waals surface area contributed by atoms with E-state index in [0.717, 1.165) is 12.8 Å². The van der Waals surface area contributed by atoms with Gasteiger partial charge in [0.1, 0.15) is 11.3 Å². The molecule has 0 aliphatic rings.